The number of hydrogen-bond donors (Lipinski definition) is 1. The van der Waals surface area contributed by atoms with Crippen molar-refractivity contribution in [1.82, 2.24) is 4.90 Å². The Labute approximate surface area is 120 Å². The van der Waals surface area contributed by atoms with Gasteiger partial charge < -0.3 is 9.80 Å². The fraction of sp³-hybridized carbons (Fsp3) is 0.533. The first kappa shape index (κ1) is 14.4. The second-order valence-electron chi connectivity index (χ2n) is 5.27. The third-order valence-electron chi connectivity index (χ3n) is 4.07. The van der Waals surface area contributed by atoms with Crippen LogP contribution in [0, 0.1) is 0 Å². The summed E-state index contributed by atoms with van der Waals surface area (Å²) in [7, 11) is 0. The number of hydrogen-bond acceptors (Lipinski definition) is 1. The van der Waals surface area contributed by atoms with Crippen LogP contribution in [-0.2, 0) is 0 Å². The maximum atomic E-state index is 12.4. The van der Waals surface area contributed by atoms with Crippen LogP contribution in [0.3, 0.4) is 0 Å². The van der Waals surface area contributed by atoms with Gasteiger partial charge in [0.2, 0.25) is 0 Å². The number of amides is 1. The standard InChI is InChI=1S/C15H21ClN2O/c1-3-12(2)17-7-9-18(10-8-17)15(19)13-5-4-6-14(16)11-13/h4-6,11-12H,3,7-10H2,1-2H3/p+1/t12-/m0/s1. The summed E-state index contributed by atoms with van der Waals surface area (Å²) in [5.41, 5.74) is 0.694. The fourth-order valence-electron chi connectivity index (χ4n) is 2.58. The highest BCUT2D eigenvalue weighted by Crippen LogP contribution is 2.12. The van der Waals surface area contributed by atoms with Crippen molar-refractivity contribution in [2.45, 2.75) is 26.3 Å². The Morgan fingerprint density at radius 2 is 2.11 bits per heavy atom. The molecule has 0 aromatic heterocycles. The van der Waals surface area contributed by atoms with Crippen LogP contribution in [-0.4, -0.2) is 43.0 Å². The minimum absolute atomic E-state index is 0.103. The highest BCUT2D eigenvalue weighted by atomic mass is 35.5. The van der Waals surface area contributed by atoms with E-state index >= 15 is 0 Å². The molecule has 1 saturated heterocycles. The Balaban J connectivity index is 1.96. The molecule has 1 fully saturated rings. The van der Waals surface area contributed by atoms with Crippen molar-refractivity contribution in [3.63, 3.8) is 0 Å². The quantitative estimate of drug-likeness (QED) is 0.892. The van der Waals surface area contributed by atoms with Crippen LogP contribution in [0.1, 0.15) is 30.6 Å². The SMILES string of the molecule is CC[C@H](C)[NH+]1CCN(C(=O)c2cccc(Cl)c2)CC1. The van der Waals surface area contributed by atoms with Crippen LogP contribution in [0.5, 0.6) is 0 Å². The number of benzene rings is 1. The van der Waals surface area contributed by atoms with Crippen molar-refractivity contribution < 1.29 is 9.69 Å². The predicted octanol–water partition coefficient (Wildman–Crippen LogP) is 1.48. The average Bonchev–Trinajstić information content (AvgIpc) is 2.46. The Hall–Kier alpha value is -1.06. The molecule has 1 aliphatic heterocycles. The lowest BCUT2D eigenvalue weighted by molar-refractivity contribution is -0.927. The molecule has 0 unspecified atom stereocenters. The number of carbonyl (C=O) groups excluding carboxylic acids is 1. The molecule has 19 heavy (non-hydrogen) atoms. The van der Waals surface area contributed by atoms with E-state index in [-0.39, 0.29) is 5.91 Å². The summed E-state index contributed by atoms with van der Waals surface area (Å²) in [5, 5.41) is 0.620. The molecule has 0 radical (unpaired) electrons. The first-order chi connectivity index (χ1) is 9.11. The molecule has 3 nitrogen and oxygen atoms in total. The van der Waals surface area contributed by atoms with Gasteiger partial charge in [-0.2, -0.15) is 0 Å². The number of rotatable bonds is 3. The van der Waals surface area contributed by atoms with Crippen LogP contribution in [0.25, 0.3) is 0 Å². The minimum atomic E-state index is 0.103. The van der Waals surface area contributed by atoms with E-state index in [0.29, 0.717) is 16.6 Å². The summed E-state index contributed by atoms with van der Waals surface area (Å²) < 4.78 is 0. The number of halogens is 1. The Morgan fingerprint density at radius 1 is 1.42 bits per heavy atom. The van der Waals surface area contributed by atoms with Crippen molar-refractivity contribution >= 4 is 17.5 Å². The largest absolute Gasteiger partial charge is 0.330 e. The zero-order chi connectivity index (χ0) is 13.8. The van der Waals surface area contributed by atoms with Gasteiger partial charge in [0, 0.05) is 10.6 Å². The fourth-order valence-corrected chi connectivity index (χ4v) is 2.77. The van der Waals surface area contributed by atoms with Gasteiger partial charge in [-0.3, -0.25) is 4.79 Å². The molecule has 4 heteroatoms. The van der Waals surface area contributed by atoms with E-state index in [0.717, 1.165) is 26.2 Å². The lowest BCUT2D eigenvalue weighted by atomic mass is 10.1. The van der Waals surface area contributed by atoms with E-state index in [1.54, 1.807) is 17.0 Å². The van der Waals surface area contributed by atoms with Crippen LogP contribution >= 0.6 is 11.6 Å². The number of nitrogens with zero attached hydrogens (tertiary/aromatic N) is 1. The van der Waals surface area contributed by atoms with Crippen molar-refractivity contribution in [3.05, 3.63) is 34.9 Å². The lowest BCUT2D eigenvalue weighted by Crippen LogP contribution is -3.17. The van der Waals surface area contributed by atoms with Gasteiger partial charge >= 0.3 is 0 Å². The maximum absolute atomic E-state index is 12.4. The average molecular weight is 282 g/mol. The Kier molecular flexibility index (Phi) is 4.83. The molecule has 2 rings (SSSR count). The van der Waals surface area contributed by atoms with Crippen molar-refractivity contribution in [2.75, 3.05) is 26.2 Å². The van der Waals surface area contributed by atoms with Gasteiger partial charge in [-0.25, -0.2) is 0 Å². The second-order valence-corrected chi connectivity index (χ2v) is 5.71. The highest BCUT2D eigenvalue weighted by Gasteiger charge is 2.26. The molecule has 1 atom stereocenters. The van der Waals surface area contributed by atoms with Crippen LogP contribution in [0.2, 0.25) is 5.02 Å². The molecule has 104 valence electrons. The highest BCUT2D eigenvalue weighted by molar-refractivity contribution is 6.30. The molecule has 1 aromatic rings. The van der Waals surface area contributed by atoms with Crippen LogP contribution < -0.4 is 4.90 Å². The van der Waals surface area contributed by atoms with Crippen LogP contribution in [0.15, 0.2) is 24.3 Å². The molecular formula is C15H22ClN2O+. The smallest absolute Gasteiger partial charge is 0.254 e. The molecule has 1 heterocycles. The van der Waals surface area contributed by atoms with Gasteiger partial charge in [-0.1, -0.05) is 24.6 Å². The van der Waals surface area contributed by atoms with Crippen molar-refractivity contribution in [1.29, 1.82) is 0 Å². The van der Waals surface area contributed by atoms with Gasteiger partial charge in [0.1, 0.15) is 0 Å². The zero-order valence-electron chi connectivity index (χ0n) is 11.7. The number of nitrogens with one attached hydrogen (secondary N) is 1. The van der Waals surface area contributed by atoms with Crippen LogP contribution in [0.4, 0.5) is 0 Å². The summed E-state index contributed by atoms with van der Waals surface area (Å²) in [5.74, 6) is 0.103. The Morgan fingerprint density at radius 3 is 2.68 bits per heavy atom. The molecule has 0 saturated carbocycles. The number of piperazine rings is 1. The van der Waals surface area contributed by atoms with Crippen molar-refractivity contribution in [3.8, 4) is 0 Å². The van der Waals surface area contributed by atoms with Gasteiger partial charge in [0.05, 0.1) is 32.2 Å². The van der Waals surface area contributed by atoms with Gasteiger partial charge in [0.15, 0.2) is 0 Å². The summed E-state index contributed by atoms with van der Waals surface area (Å²) >= 11 is 5.94. The van der Waals surface area contributed by atoms with E-state index in [9.17, 15) is 4.79 Å². The maximum Gasteiger partial charge on any atom is 0.254 e. The van der Waals surface area contributed by atoms with E-state index in [1.807, 2.05) is 17.0 Å². The molecule has 0 spiro atoms. The van der Waals surface area contributed by atoms with E-state index in [4.69, 9.17) is 11.6 Å². The van der Waals surface area contributed by atoms with E-state index < -0.39 is 0 Å². The molecule has 1 N–H and O–H groups in total. The third kappa shape index (κ3) is 3.48. The van der Waals surface area contributed by atoms with Gasteiger partial charge in [0.25, 0.3) is 5.91 Å². The number of quaternary nitrogens is 1. The van der Waals surface area contributed by atoms with Gasteiger partial charge in [-0.15, -0.1) is 0 Å². The zero-order valence-corrected chi connectivity index (χ0v) is 12.4. The van der Waals surface area contributed by atoms with Crippen molar-refractivity contribution in [2.24, 2.45) is 0 Å². The molecular weight excluding hydrogens is 260 g/mol. The van der Waals surface area contributed by atoms with E-state index in [1.165, 1.54) is 6.42 Å². The first-order valence-corrected chi connectivity index (χ1v) is 7.39. The monoisotopic (exact) mass is 281 g/mol. The minimum Gasteiger partial charge on any atom is -0.330 e. The van der Waals surface area contributed by atoms with E-state index in [2.05, 4.69) is 13.8 Å². The molecule has 0 bridgehead atoms. The second kappa shape index (κ2) is 6.40. The Bertz CT molecular complexity index is 442. The van der Waals surface area contributed by atoms with Gasteiger partial charge in [-0.05, 0) is 31.5 Å². The molecule has 1 amide bonds. The summed E-state index contributed by atoms with van der Waals surface area (Å²) in [6, 6.07) is 7.89. The summed E-state index contributed by atoms with van der Waals surface area (Å²) in [6.45, 7) is 8.27. The molecule has 1 aliphatic rings. The molecule has 1 aromatic carbocycles. The topological polar surface area (TPSA) is 24.8 Å². The summed E-state index contributed by atoms with van der Waals surface area (Å²) in [4.78, 5) is 15.9. The third-order valence-corrected chi connectivity index (χ3v) is 4.31. The molecule has 0 aliphatic carbocycles. The predicted molar refractivity (Wildman–Crippen MR) is 77.8 cm³/mol. The number of carbonyl (C=O) groups is 1. The first-order valence-electron chi connectivity index (χ1n) is 7.01. The normalized spacial score (nSPS) is 18.4. The summed E-state index contributed by atoms with van der Waals surface area (Å²) in [6.07, 6.45) is 1.19. The lowest BCUT2D eigenvalue weighted by Gasteiger charge is -2.35.